The Morgan fingerprint density at radius 1 is 1.60 bits per heavy atom. The minimum absolute atomic E-state index is 0.0969. The first kappa shape index (κ1) is 11.7. The van der Waals surface area contributed by atoms with Crippen LogP contribution in [0.2, 0.25) is 0 Å². The number of hydrogen-bond acceptors (Lipinski definition) is 3. The standard InChI is InChI=1S/C10H18N4O/c1-10(2,3)12-5-7-14-6-4-8(13-14)9(11)15/h4,6,12H,5,7H2,1-3H3,(H2,11,15). The third kappa shape index (κ3) is 4.12. The zero-order valence-electron chi connectivity index (χ0n) is 9.45. The highest BCUT2D eigenvalue weighted by atomic mass is 16.1. The zero-order valence-corrected chi connectivity index (χ0v) is 9.45. The van der Waals surface area contributed by atoms with E-state index in [1.165, 1.54) is 0 Å². The highest BCUT2D eigenvalue weighted by Gasteiger charge is 2.08. The molecule has 84 valence electrons. The molecule has 5 nitrogen and oxygen atoms in total. The van der Waals surface area contributed by atoms with E-state index >= 15 is 0 Å². The van der Waals surface area contributed by atoms with Crippen LogP contribution in [-0.4, -0.2) is 27.8 Å². The van der Waals surface area contributed by atoms with Gasteiger partial charge in [0.1, 0.15) is 5.69 Å². The minimum atomic E-state index is -0.488. The molecular formula is C10H18N4O. The molecule has 0 radical (unpaired) electrons. The Labute approximate surface area is 89.6 Å². The van der Waals surface area contributed by atoms with Crippen LogP contribution in [-0.2, 0) is 6.54 Å². The van der Waals surface area contributed by atoms with Crippen molar-refractivity contribution in [3.05, 3.63) is 18.0 Å². The summed E-state index contributed by atoms with van der Waals surface area (Å²) in [6.07, 6.45) is 1.75. The fraction of sp³-hybridized carbons (Fsp3) is 0.600. The maximum Gasteiger partial charge on any atom is 0.269 e. The molecule has 0 bridgehead atoms. The Hall–Kier alpha value is -1.36. The molecule has 3 N–H and O–H groups in total. The Morgan fingerprint density at radius 3 is 2.73 bits per heavy atom. The molecule has 1 heterocycles. The molecule has 0 aliphatic carbocycles. The van der Waals surface area contributed by atoms with Gasteiger partial charge in [-0.15, -0.1) is 0 Å². The van der Waals surface area contributed by atoms with E-state index in [0.717, 1.165) is 13.1 Å². The van der Waals surface area contributed by atoms with Gasteiger partial charge in [-0.3, -0.25) is 9.48 Å². The second kappa shape index (κ2) is 4.44. The number of aromatic nitrogens is 2. The highest BCUT2D eigenvalue weighted by molar-refractivity contribution is 5.90. The number of amides is 1. The molecule has 0 atom stereocenters. The maximum atomic E-state index is 10.8. The first-order valence-electron chi connectivity index (χ1n) is 4.97. The molecule has 15 heavy (non-hydrogen) atoms. The predicted molar refractivity (Wildman–Crippen MR) is 58.5 cm³/mol. The van der Waals surface area contributed by atoms with Gasteiger partial charge in [0.2, 0.25) is 0 Å². The van der Waals surface area contributed by atoms with Crippen molar-refractivity contribution in [3.8, 4) is 0 Å². The number of nitrogens with two attached hydrogens (primary N) is 1. The van der Waals surface area contributed by atoms with Gasteiger partial charge in [-0.2, -0.15) is 5.10 Å². The van der Waals surface area contributed by atoms with Gasteiger partial charge in [-0.05, 0) is 26.8 Å². The van der Waals surface area contributed by atoms with E-state index < -0.39 is 5.91 Å². The zero-order chi connectivity index (χ0) is 11.5. The Kier molecular flexibility index (Phi) is 3.47. The Morgan fingerprint density at radius 2 is 2.27 bits per heavy atom. The van der Waals surface area contributed by atoms with Crippen LogP contribution in [0.3, 0.4) is 0 Å². The van der Waals surface area contributed by atoms with Crippen LogP contribution >= 0.6 is 0 Å². The molecule has 1 rings (SSSR count). The summed E-state index contributed by atoms with van der Waals surface area (Å²) in [5.41, 5.74) is 5.50. The fourth-order valence-corrected chi connectivity index (χ4v) is 1.16. The molecule has 0 fully saturated rings. The van der Waals surface area contributed by atoms with E-state index in [0.29, 0.717) is 5.69 Å². The molecule has 1 aromatic rings. The van der Waals surface area contributed by atoms with E-state index in [-0.39, 0.29) is 5.54 Å². The van der Waals surface area contributed by atoms with Gasteiger partial charge in [0.15, 0.2) is 0 Å². The molecule has 1 amide bonds. The molecule has 0 aromatic carbocycles. The fourth-order valence-electron chi connectivity index (χ4n) is 1.16. The van der Waals surface area contributed by atoms with Crippen LogP contribution in [0.1, 0.15) is 31.3 Å². The summed E-state index contributed by atoms with van der Waals surface area (Å²) in [4.78, 5) is 10.8. The van der Waals surface area contributed by atoms with Crippen molar-refractivity contribution in [3.63, 3.8) is 0 Å². The van der Waals surface area contributed by atoms with Crippen LogP contribution in [0, 0.1) is 0 Å². The van der Waals surface area contributed by atoms with Crippen LogP contribution in [0.5, 0.6) is 0 Å². The van der Waals surface area contributed by atoms with Crippen molar-refractivity contribution >= 4 is 5.91 Å². The molecule has 0 aliphatic rings. The van der Waals surface area contributed by atoms with Crippen molar-refractivity contribution < 1.29 is 4.79 Å². The lowest BCUT2D eigenvalue weighted by Crippen LogP contribution is -2.37. The molecule has 0 saturated heterocycles. The quantitative estimate of drug-likeness (QED) is 0.754. The van der Waals surface area contributed by atoms with Crippen molar-refractivity contribution in [1.82, 2.24) is 15.1 Å². The van der Waals surface area contributed by atoms with Gasteiger partial charge in [-0.25, -0.2) is 0 Å². The van der Waals surface area contributed by atoms with E-state index in [1.807, 2.05) is 0 Å². The second-order valence-corrected chi connectivity index (χ2v) is 4.51. The van der Waals surface area contributed by atoms with Crippen molar-refractivity contribution in [2.24, 2.45) is 5.73 Å². The van der Waals surface area contributed by atoms with Crippen LogP contribution in [0.4, 0.5) is 0 Å². The van der Waals surface area contributed by atoms with Crippen LogP contribution < -0.4 is 11.1 Å². The van der Waals surface area contributed by atoms with Gasteiger partial charge in [0, 0.05) is 18.3 Å². The lowest BCUT2D eigenvalue weighted by molar-refractivity contribution is 0.0994. The number of hydrogen-bond donors (Lipinski definition) is 2. The molecule has 5 heteroatoms. The number of nitrogens with zero attached hydrogens (tertiary/aromatic N) is 2. The summed E-state index contributed by atoms with van der Waals surface area (Å²) in [6.45, 7) is 7.84. The van der Waals surface area contributed by atoms with Gasteiger partial charge >= 0.3 is 0 Å². The largest absolute Gasteiger partial charge is 0.364 e. The lowest BCUT2D eigenvalue weighted by Gasteiger charge is -2.20. The van der Waals surface area contributed by atoms with E-state index in [2.05, 4.69) is 31.2 Å². The predicted octanol–water partition coefficient (Wildman–Crippen LogP) is 0.370. The molecule has 0 unspecified atom stereocenters. The number of rotatable bonds is 4. The van der Waals surface area contributed by atoms with E-state index in [4.69, 9.17) is 5.73 Å². The minimum Gasteiger partial charge on any atom is -0.364 e. The normalized spacial score (nSPS) is 11.7. The summed E-state index contributed by atoms with van der Waals surface area (Å²) in [7, 11) is 0. The topological polar surface area (TPSA) is 72.9 Å². The average molecular weight is 210 g/mol. The number of nitrogens with one attached hydrogen (secondary N) is 1. The van der Waals surface area contributed by atoms with Gasteiger partial charge < -0.3 is 11.1 Å². The summed E-state index contributed by atoms with van der Waals surface area (Å²) in [6, 6.07) is 1.62. The monoisotopic (exact) mass is 210 g/mol. The number of carbonyl (C=O) groups is 1. The summed E-state index contributed by atoms with van der Waals surface area (Å²) >= 11 is 0. The van der Waals surface area contributed by atoms with Gasteiger partial charge in [0.05, 0.1) is 6.54 Å². The first-order chi connectivity index (χ1) is 6.88. The SMILES string of the molecule is CC(C)(C)NCCn1ccc(C(N)=O)n1. The lowest BCUT2D eigenvalue weighted by atomic mass is 10.1. The first-order valence-corrected chi connectivity index (χ1v) is 4.97. The van der Waals surface area contributed by atoms with E-state index in [9.17, 15) is 4.79 Å². The Balaban J connectivity index is 2.41. The molecule has 0 saturated carbocycles. The molecular weight excluding hydrogens is 192 g/mol. The average Bonchev–Trinajstić information content (AvgIpc) is 2.50. The number of carbonyl (C=O) groups excluding carboxylic acids is 1. The van der Waals surface area contributed by atoms with Crippen molar-refractivity contribution in [2.45, 2.75) is 32.9 Å². The van der Waals surface area contributed by atoms with Crippen molar-refractivity contribution in [2.75, 3.05) is 6.54 Å². The van der Waals surface area contributed by atoms with Crippen LogP contribution in [0.25, 0.3) is 0 Å². The second-order valence-electron chi connectivity index (χ2n) is 4.51. The van der Waals surface area contributed by atoms with Crippen LogP contribution in [0.15, 0.2) is 12.3 Å². The third-order valence-corrected chi connectivity index (χ3v) is 1.89. The smallest absolute Gasteiger partial charge is 0.269 e. The summed E-state index contributed by atoms with van der Waals surface area (Å²) in [5.74, 6) is -0.488. The van der Waals surface area contributed by atoms with E-state index in [1.54, 1.807) is 16.9 Å². The van der Waals surface area contributed by atoms with Gasteiger partial charge in [-0.1, -0.05) is 0 Å². The molecule has 1 aromatic heterocycles. The molecule has 0 aliphatic heterocycles. The summed E-state index contributed by atoms with van der Waals surface area (Å²) in [5, 5.41) is 7.36. The van der Waals surface area contributed by atoms with Gasteiger partial charge in [0.25, 0.3) is 5.91 Å². The maximum absolute atomic E-state index is 10.8. The Bertz CT molecular complexity index is 337. The third-order valence-electron chi connectivity index (χ3n) is 1.89. The van der Waals surface area contributed by atoms with Crippen molar-refractivity contribution in [1.29, 1.82) is 0 Å². The highest BCUT2D eigenvalue weighted by Crippen LogP contribution is 1.98. The molecule has 0 spiro atoms. The summed E-state index contributed by atoms with van der Waals surface area (Å²) < 4.78 is 1.71. The number of primary amides is 1.